The summed E-state index contributed by atoms with van der Waals surface area (Å²) in [6.45, 7) is 0. The Labute approximate surface area is 129 Å². The third-order valence-corrected chi connectivity index (χ3v) is 3.63. The molecule has 0 fully saturated rings. The number of ether oxygens (including phenoxy) is 1. The van der Waals surface area contributed by atoms with Gasteiger partial charge in [0.15, 0.2) is 11.6 Å². The number of hydrogen-bond acceptors (Lipinski definition) is 2. The first-order chi connectivity index (χ1) is 9.52. The molecule has 0 saturated carbocycles. The maximum Gasteiger partial charge on any atom is 0.170 e. The molecule has 0 aliphatic carbocycles. The van der Waals surface area contributed by atoms with Crippen molar-refractivity contribution in [3.63, 3.8) is 0 Å². The Morgan fingerprint density at radius 3 is 2.80 bits per heavy atom. The molecule has 0 atom stereocenters. The van der Waals surface area contributed by atoms with Gasteiger partial charge in [-0.3, -0.25) is 4.79 Å². The van der Waals surface area contributed by atoms with Gasteiger partial charge in [0.25, 0.3) is 0 Å². The summed E-state index contributed by atoms with van der Waals surface area (Å²) < 4.78 is 19.8. The minimum atomic E-state index is -0.687. The van der Waals surface area contributed by atoms with Crippen molar-refractivity contribution in [3.8, 4) is 5.75 Å². The number of halogens is 3. The van der Waals surface area contributed by atoms with Gasteiger partial charge in [0, 0.05) is 16.5 Å². The van der Waals surface area contributed by atoms with Crippen molar-refractivity contribution in [3.05, 3.63) is 62.8 Å². The van der Waals surface area contributed by atoms with Crippen molar-refractivity contribution in [2.24, 2.45) is 0 Å². The highest BCUT2D eigenvalue weighted by atomic mass is 79.9. The molecule has 2 nitrogen and oxygen atoms in total. The van der Waals surface area contributed by atoms with Gasteiger partial charge in [-0.05, 0) is 30.3 Å². The summed E-state index contributed by atoms with van der Waals surface area (Å²) in [5.74, 6) is -0.446. The number of hydrogen-bond donors (Lipinski definition) is 0. The van der Waals surface area contributed by atoms with E-state index in [1.165, 1.54) is 19.2 Å². The predicted octanol–water partition coefficient (Wildman–Crippen LogP) is 4.68. The lowest BCUT2D eigenvalue weighted by Crippen LogP contribution is -2.07. The van der Waals surface area contributed by atoms with Crippen LogP contribution in [0.5, 0.6) is 5.75 Å². The molecule has 104 valence electrons. The van der Waals surface area contributed by atoms with Gasteiger partial charge in [0.05, 0.1) is 17.7 Å². The summed E-state index contributed by atoms with van der Waals surface area (Å²) >= 11 is 9.02. The van der Waals surface area contributed by atoms with E-state index in [9.17, 15) is 9.18 Å². The number of carbonyl (C=O) groups excluding carboxylic acids is 1. The number of methoxy groups -OCH3 is 1. The fourth-order valence-electron chi connectivity index (χ4n) is 1.87. The first kappa shape index (κ1) is 15.0. The third-order valence-electron chi connectivity index (χ3n) is 2.85. The quantitative estimate of drug-likeness (QED) is 0.743. The van der Waals surface area contributed by atoms with E-state index < -0.39 is 5.82 Å². The highest BCUT2D eigenvalue weighted by Gasteiger charge is 2.16. The van der Waals surface area contributed by atoms with Crippen molar-refractivity contribution in [1.29, 1.82) is 0 Å². The van der Waals surface area contributed by atoms with E-state index in [2.05, 4.69) is 15.9 Å². The van der Waals surface area contributed by atoms with Crippen LogP contribution in [-0.4, -0.2) is 12.9 Å². The van der Waals surface area contributed by atoms with E-state index >= 15 is 0 Å². The average Bonchev–Trinajstić information content (AvgIpc) is 2.42. The lowest BCUT2D eigenvalue weighted by atomic mass is 10.0. The Hall–Kier alpha value is -1.39. The van der Waals surface area contributed by atoms with Gasteiger partial charge in [0.2, 0.25) is 0 Å². The SMILES string of the molecule is COc1ccc(Br)cc1CC(=O)c1cccc(Cl)c1F. The molecule has 0 heterocycles. The van der Waals surface area contributed by atoms with Crippen LogP contribution < -0.4 is 4.74 Å². The zero-order chi connectivity index (χ0) is 14.7. The summed E-state index contributed by atoms with van der Waals surface area (Å²) in [5, 5.41) is -0.0583. The fraction of sp³-hybridized carbons (Fsp3) is 0.133. The number of rotatable bonds is 4. The Bertz CT molecular complexity index is 658. The van der Waals surface area contributed by atoms with Crippen LogP contribution in [0.25, 0.3) is 0 Å². The summed E-state index contributed by atoms with van der Waals surface area (Å²) in [7, 11) is 1.52. The Morgan fingerprint density at radius 1 is 1.35 bits per heavy atom. The molecule has 0 amide bonds. The lowest BCUT2D eigenvalue weighted by molar-refractivity contribution is 0.0988. The summed E-state index contributed by atoms with van der Waals surface area (Å²) in [6, 6.07) is 9.73. The third kappa shape index (κ3) is 3.19. The zero-order valence-corrected chi connectivity index (χ0v) is 13.0. The van der Waals surface area contributed by atoms with Crippen molar-refractivity contribution >= 4 is 33.3 Å². The second kappa shape index (κ2) is 6.37. The fourth-order valence-corrected chi connectivity index (χ4v) is 2.46. The normalized spacial score (nSPS) is 10.4. The van der Waals surface area contributed by atoms with E-state index in [-0.39, 0.29) is 22.8 Å². The van der Waals surface area contributed by atoms with Crippen molar-refractivity contribution in [2.45, 2.75) is 6.42 Å². The average molecular weight is 358 g/mol. The highest BCUT2D eigenvalue weighted by Crippen LogP contribution is 2.26. The molecule has 0 aliphatic heterocycles. The van der Waals surface area contributed by atoms with Gasteiger partial charge in [-0.2, -0.15) is 0 Å². The molecular formula is C15H11BrClFO2. The largest absolute Gasteiger partial charge is 0.496 e. The smallest absolute Gasteiger partial charge is 0.170 e. The van der Waals surface area contributed by atoms with Gasteiger partial charge in [-0.15, -0.1) is 0 Å². The molecular weight excluding hydrogens is 347 g/mol. The van der Waals surface area contributed by atoms with E-state index in [0.29, 0.717) is 11.3 Å². The molecule has 0 saturated heterocycles. The summed E-state index contributed by atoms with van der Waals surface area (Å²) in [6.07, 6.45) is 0.0415. The van der Waals surface area contributed by atoms with Crippen LogP contribution in [0.1, 0.15) is 15.9 Å². The van der Waals surface area contributed by atoms with Crippen LogP contribution >= 0.6 is 27.5 Å². The maximum absolute atomic E-state index is 13.8. The molecule has 0 aromatic heterocycles. The van der Waals surface area contributed by atoms with Crippen LogP contribution in [0, 0.1) is 5.82 Å². The highest BCUT2D eigenvalue weighted by molar-refractivity contribution is 9.10. The van der Waals surface area contributed by atoms with Crippen molar-refractivity contribution in [2.75, 3.05) is 7.11 Å². The van der Waals surface area contributed by atoms with Crippen LogP contribution in [0.2, 0.25) is 5.02 Å². The molecule has 2 rings (SSSR count). The minimum Gasteiger partial charge on any atom is -0.496 e. The van der Waals surface area contributed by atoms with E-state index in [1.807, 2.05) is 6.07 Å². The minimum absolute atomic E-state index is 0.0143. The maximum atomic E-state index is 13.8. The van der Waals surface area contributed by atoms with E-state index in [1.54, 1.807) is 18.2 Å². The second-order valence-corrected chi connectivity index (χ2v) is 5.48. The van der Waals surface area contributed by atoms with Crippen LogP contribution in [0.4, 0.5) is 4.39 Å². The summed E-state index contributed by atoms with van der Waals surface area (Å²) in [5.41, 5.74) is 0.672. The number of Topliss-reactive ketones (excluding diaryl/α,β-unsaturated/α-hetero) is 1. The predicted molar refractivity (Wildman–Crippen MR) is 80.1 cm³/mol. The van der Waals surface area contributed by atoms with Gasteiger partial charge < -0.3 is 4.74 Å². The molecule has 0 bridgehead atoms. The zero-order valence-electron chi connectivity index (χ0n) is 10.6. The Balaban J connectivity index is 2.32. The molecule has 2 aromatic carbocycles. The van der Waals surface area contributed by atoms with Gasteiger partial charge in [-0.25, -0.2) is 4.39 Å². The van der Waals surface area contributed by atoms with Crippen LogP contribution in [0.15, 0.2) is 40.9 Å². The lowest BCUT2D eigenvalue weighted by Gasteiger charge is -2.09. The van der Waals surface area contributed by atoms with Crippen LogP contribution in [-0.2, 0) is 6.42 Å². The standard InChI is InChI=1S/C15H11BrClFO2/c1-20-14-6-5-10(16)7-9(14)8-13(19)11-3-2-4-12(17)15(11)18/h2-7H,8H2,1H3. The molecule has 2 aromatic rings. The molecule has 0 N–H and O–H groups in total. The molecule has 0 spiro atoms. The molecule has 0 radical (unpaired) electrons. The number of ketones is 1. The number of benzene rings is 2. The monoisotopic (exact) mass is 356 g/mol. The topological polar surface area (TPSA) is 26.3 Å². The first-order valence-electron chi connectivity index (χ1n) is 5.82. The van der Waals surface area contributed by atoms with E-state index in [0.717, 1.165) is 4.47 Å². The second-order valence-electron chi connectivity index (χ2n) is 4.16. The molecule has 20 heavy (non-hydrogen) atoms. The Kier molecular flexibility index (Phi) is 4.78. The Morgan fingerprint density at radius 2 is 2.10 bits per heavy atom. The molecule has 0 aliphatic rings. The number of carbonyl (C=O) groups is 1. The summed E-state index contributed by atoms with van der Waals surface area (Å²) in [4.78, 5) is 12.2. The molecule has 5 heteroatoms. The van der Waals surface area contributed by atoms with Gasteiger partial charge >= 0.3 is 0 Å². The molecule has 0 unspecified atom stereocenters. The van der Waals surface area contributed by atoms with Crippen molar-refractivity contribution in [1.82, 2.24) is 0 Å². The van der Waals surface area contributed by atoms with E-state index in [4.69, 9.17) is 16.3 Å². The van der Waals surface area contributed by atoms with Gasteiger partial charge in [0.1, 0.15) is 5.75 Å². The first-order valence-corrected chi connectivity index (χ1v) is 6.99. The van der Waals surface area contributed by atoms with Gasteiger partial charge in [-0.1, -0.05) is 33.6 Å². The van der Waals surface area contributed by atoms with Crippen LogP contribution in [0.3, 0.4) is 0 Å². The van der Waals surface area contributed by atoms with Crippen molar-refractivity contribution < 1.29 is 13.9 Å².